The van der Waals surface area contributed by atoms with Crippen LogP contribution in [0.1, 0.15) is 65.5 Å². The summed E-state index contributed by atoms with van der Waals surface area (Å²) >= 11 is 0. The summed E-state index contributed by atoms with van der Waals surface area (Å²) in [6, 6.07) is 9.78. The quantitative estimate of drug-likeness (QED) is 0.591. The first-order chi connectivity index (χ1) is 12.6. The Kier molecular flexibility index (Phi) is 4.66. The van der Waals surface area contributed by atoms with Gasteiger partial charge in [0.15, 0.2) is 0 Å². The van der Waals surface area contributed by atoms with Crippen LogP contribution in [-0.4, -0.2) is 25.5 Å². The van der Waals surface area contributed by atoms with Gasteiger partial charge in [-0.25, -0.2) is 0 Å². The lowest BCUT2D eigenvalue weighted by atomic mass is 9.74. The lowest BCUT2D eigenvalue weighted by Gasteiger charge is -2.30. The van der Waals surface area contributed by atoms with Crippen molar-refractivity contribution in [2.24, 2.45) is 0 Å². The second-order valence-corrected chi connectivity index (χ2v) is 8.54. The largest absolute Gasteiger partial charge is 0.507 e. The van der Waals surface area contributed by atoms with E-state index in [1.165, 1.54) is 5.56 Å². The molecule has 0 fully saturated rings. The minimum absolute atomic E-state index is 0.0243. The Balaban J connectivity index is 2.37. The number of aromatic nitrogens is 3. The van der Waals surface area contributed by atoms with Crippen LogP contribution in [0.2, 0.25) is 0 Å². The molecule has 2 aromatic carbocycles. The van der Waals surface area contributed by atoms with Gasteiger partial charge in [-0.15, -0.1) is 10.2 Å². The molecule has 3 aromatic rings. The van der Waals surface area contributed by atoms with E-state index in [1.807, 2.05) is 12.1 Å². The highest BCUT2D eigenvalue weighted by Crippen LogP contribution is 2.44. The van der Waals surface area contributed by atoms with Crippen molar-refractivity contribution in [2.75, 3.05) is 0 Å². The maximum Gasteiger partial charge on any atom is 0.127 e. The van der Waals surface area contributed by atoms with Crippen molar-refractivity contribution < 1.29 is 10.3 Å². The predicted octanol–water partition coefficient (Wildman–Crippen LogP) is 5.42. The van der Waals surface area contributed by atoms with Crippen molar-refractivity contribution in [2.45, 2.75) is 65.2 Å². The Morgan fingerprint density at radius 1 is 0.926 bits per heavy atom. The molecule has 0 spiro atoms. The lowest BCUT2D eigenvalue weighted by Crippen LogP contribution is -2.20. The van der Waals surface area contributed by atoms with Crippen LogP contribution < -0.4 is 0 Å². The van der Waals surface area contributed by atoms with Crippen molar-refractivity contribution in [3.63, 3.8) is 0 Å². The number of phenolic OH excluding ortho intramolecular Hbond substituents is 1. The second-order valence-electron chi connectivity index (χ2n) is 8.54. The fourth-order valence-electron chi connectivity index (χ4n) is 3.28. The zero-order valence-electron chi connectivity index (χ0n) is 17.0. The second kappa shape index (κ2) is 6.55. The average molecular weight is 367 g/mol. The molecule has 0 atom stereocenters. The number of benzene rings is 2. The Labute approximate surface area is 160 Å². The number of hydrogen-bond donors (Lipinski definition) is 2. The highest BCUT2D eigenvalue weighted by atomic mass is 16.5. The maximum absolute atomic E-state index is 11.2. The van der Waals surface area contributed by atoms with E-state index in [-0.39, 0.29) is 16.6 Å². The fourth-order valence-corrected chi connectivity index (χ4v) is 3.28. The van der Waals surface area contributed by atoms with Gasteiger partial charge in [-0.2, -0.15) is 0 Å². The van der Waals surface area contributed by atoms with Crippen molar-refractivity contribution >= 4 is 11.0 Å². The number of hydrogen-bond acceptors (Lipinski definition) is 4. The van der Waals surface area contributed by atoms with Crippen LogP contribution in [-0.2, 0) is 10.8 Å². The molecule has 0 aliphatic heterocycles. The summed E-state index contributed by atoms with van der Waals surface area (Å²) in [4.78, 5) is 0.585. The summed E-state index contributed by atoms with van der Waals surface area (Å²) < 4.78 is 0. The SMILES string of the molecule is CCC(C)(C)c1cc(-c2cccc3nn(O)nc23)c(O)c(C(C)(C)CC)c1. The molecular weight excluding hydrogens is 338 g/mol. The number of nitrogens with zero attached hydrogens (tertiary/aromatic N) is 3. The molecule has 1 heterocycles. The van der Waals surface area contributed by atoms with Gasteiger partial charge in [0.25, 0.3) is 0 Å². The third-order valence-electron chi connectivity index (χ3n) is 6.08. The Bertz CT molecular complexity index is 987. The summed E-state index contributed by atoms with van der Waals surface area (Å²) in [5.41, 5.74) is 4.59. The van der Waals surface area contributed by atoms with E-state index in [0.717, 1.165) is 29.5 Å². The molecule has 0 saturated heterocycles. The molecule has 0 bridgehead atoms. The minimum atomic E-state index is -0.166. The number of phenols is 1. The predicted molar refractivity (Wildman–Crippen MR) is 108 cm³/mol. The van der Waals surface area contributed by atoms with Gasteiger partial charge in [0.05, 0.1) is 0 Å². The van der Waals surface area contributed by atoms with E-state index in [2.05, 4.69) is 63.9 Å². The van der Waals surface area contributed by atoms with Gasteiger partial charge in [0.2, 0.25) is 0 Å². The van der Waals surface area contributed by atoms with Gasteiger partial charge >= 0.3 is 0 Å². The molecule has 0 aliphatic carbocycles. The van der Waals surface area contributed by atoms with E-state index in [1.54, 1.807) is 6.07 Å². The topological polar surface area (TPSA) is 71.2 Å². The van der Waals surface area contributed by atoms with Gasteiger partial charge in [-0.3, -0.25) is 0 Å². The molecule has 2 N–H and O–H groups in total. The molecule has 0 unspecified atom stereocenters. The van der Waals surface area contributed by atoms with Crippen molar-refractivity contribution in [1.82, 2.24) is 15.2 Å². The van der Waals surface area contributed by atoms with Gasteiger partial charge in [-0.1, -0.05) is 59.7 Å². The molecule has 144 valence electrons. The Morgan fingerprint density at radius 2 is 1.59 bits per heavy atom. The van der Waals surface area contributed by atoms with Crippen molar-refractivity contribution in [3.8, 4) is 16.9 Å². The number of fused-ring (bicyclic) bond motifs is 1. The van der Waals surface area contributed by atoms with E-state index in [9.17, 15) is 10.3 Å². The summed E-state index contributed by atoms with van der Waals surface area (Å²) in [7, 11) is 0. The van der Waals surface area contributed by atoms with Crippen LogP contribution in [0, 0.1) is 0 Å². The first kappa shape index (κ1) is 19.2. The summed E-state index contributed by atoms with van der Waals surface area (Å²) in [5, 5.41) is 29.0. The fraction of sp³-hybridized carbons (Fsp3) is 0.455. The smallest absolute Gasteiger partial charge is 0.127 e. The zero-order chi connectivity index (χ0) is 20.0. The summed E-state index contributed by atoms with van der Waals surface area (Å²) in [5.74, 6) is 0.275. The molecule has 1 aromatic heterocycles. The van der Waals surface area contributed by atoms with Gasteiger partial charge in [0, 0.05) is 16.7 Å². The molecule has 0 aliphatic rings. The monoisotopic (exact) mass is 367 g/mol. The number of aromatic hydroxyl groups is 1. The Hall–Kier alpha value is -2.56. The van der Waals surface area contributed by atoms with Crippen molar-refractivity contribution in [3.05, 3.63) is 41.5 Å². The van der Waals surface area contributed by atoms with Gasteiger partial charge in [-0.05, 0) is 46.3 Å². The third kappa shape index (κ3) is 3.27. The van der Waals surface area contributed by atoms with Crippen LogP contribution in [0.3, 0.4) is 0 Å². The molecule has 0 saturated carbocycles. The van der Waals surface area contributed by atoms with Gasteiger partial charge < -0.3 is 10.3 Å². The molecule has 5 nitrogen and oxygen atoms in total. The van der Waals surface area contributed by atoms with Crippen LogP contribution in [0.25, 0.3) is 22.2 Å². The lowest BCUT2D eigenvalue weighted by molar-refractivity contribution is 0.113. The Morgan fingerprint density at radius 3 is 2.22 bits per heavy atom. The normalized spacial score (nSPS) is 12.7. The molecule has 0 amide bonds. The highest BCUT2D eigenvalue weighted by Gasteiger charge is 2.29. The van der Waals surface area contributed by atoms with E-state index in [4.69, 9.17) is 0 Å². The van der Waals surface area contributed by atoms with E-state index >= 15 is 0 Å². The maximum atomic E-state index is 11.2. The van der Waals surface area contributed by atoms with E-state index < -0.39 is 0 Å². The molecular formula is C22H29N3O2. The summed E-state index contributed by atoms with van der Waals surface area (Å²) in [6.07, 6.45) is 1.90. The first-order valence-electron chi connectivity index (χ1n) is 9.54. The molecule has 27 heavy (non-hydrogen) atoms. The number of rotatable bonds is 5. The summed E-state index contributed by atoms with van der Waals surface area (Å²) in [6.45, 7) is 13.1. The minimum Gasteiger partial charge on any atom is -0.507 e. The molecule has 5 heteroatoms. The van der Waals surface area contributed by atoms with Gasteiger partial charge in [0.1, 0.15) is 16.8 Å². The molecule has 3 rings (SSSR count). The highest BCUT2D eigenvalue weighted by molar-refractivity contribution is 5.93. The standard InChI is InChI=1S/C22H29N3O2/c1-7-21(3,4)14-12-16(20(26)17(13-14)22(5,6)8-2)15-10-9-11-18-19(15)24-25(27)23-18/h9-13,26-27H,7-8H2,1-6H3. The average Bonchev–Trinajstić information content (AvgIpc) is 3.01. The van der Waals surface area contributed by atoms with Crippen LogP contribution in [0.15, 0.2) is 30.3 Å². The van der Waals surface area contributed by atoms with Crippen LogP contribution >= 0.6 is 0 Å². The first-order valence-corrected chi connectivity index (χ1v) is 9.54. The van der Waals surface area contributed by atoms with E-state index in [0.29, 0.717) is 16.0 Å². The third-order valence-corrected chi connectivity index (χ3v) is 6.08. The van der Waals surface area contributed by atoms with Crippen LogP contribution in [0.4, 0.5) is 0 Å². The van der Waals surface area contributed by atoms with Crippen LogP contribution in [0.5, 0.6) is 5.75 Å². The zero-order valence-corrected chi connectivity index (χ0v) is 17.0. The molecule has 0 radical (unpaired) electrons. The van der Waals surface area contributed by atoms with Crippen molar-refractivity contribution in [1.29, 1.82) is 0 Å².